The molecule has 0 radical (unpaired) electrons. The number of aliphatic hydroxyl groups is 1. The van der Waals surface area contributed by atoms with E-state index in [0.717, 1.165) is 11.8 Å². The maximum absolute atomic E-state index is 14.3. The van der Waals surface area contributed by atoms with Gasteiger partial charge in [0.1, 0.15) is 11.3 Å². The van der Waals surface area contributed by atoms with Crippen molar-refractivity contribution in [3.63, 3.8) is 0 Å². The van der Waals surface area contributed by atoms with Crippen LogP contribution in [0.25, 0.3) is 16.9 Å². The van der Waals surface area contributed by atoms with E-state index in [1.54, 1.807) is 55.1 Å². The molecule has 1 atom stereocenters. The molecule has 4 aromatic rings. The van der Waals surface area contributed by atoms with Crippen LogP contribution in [0.4, 0.5) is 18.9 Å². The number of nitrogens with one attached hydrogen (secondary N) is 1. The van der Waals surface area contributed by atoms with E-state index in [1.165, 1.54) is 14.0 Å². The van der Waals surface area contributed by atoms with Crippen LogP contribution in [-0.4, -0.2) is 81.2 Å². The molecule has 0 aliphatic carbocycles. The van der Waals surface area contributed by atoms with Crippen LogP contribution in [0.5, 0.6) is 5.75 Å². The summed E-state index contributed by atoms with van der Waals surface area (Å²) in [5.74, 6) is -0.311. The van der Waals surface area contributed by atoms with Crippen molar-refractivity contribution in [2.75, 3.05) is 45.2 Å². The van der Waals surface area contributed by atoms with Gasteiger partial charge in [0.05, 0.1) is 31.6 Å². The third-order valence-corrected chi connectivity index (χ3v) is 8.06. The van der Waals surface area contributed by atoms with Gasteiger partial charge in [-0.05, 0) is 42.8 Å². The lowest BCUT2D eigenvalue weighted by molar-refractivity contribution is -0.143. The minimum atomic E-state index is -4.76. The van der Waals surface area contributed by atoms with E-state index in [0.29, 0.717) is 34.6 Å². The first-order valence-electron chi connectivity index (χ1n) is 14.6. The van der Waals surface area contributed by atoms with Crippen molar-refractivity contribution in [2.24, 2.45) is 5.92 Å². The molecule has 5 rings (SSSR count). The first-order chi connectivity index (χ1) is 21.4. The predicted molar refractivity (Wildman–Crippen MR) is 162 cm³/mol. The molecule has 0 bridgehead atoms. The molecule has 2 amide bonds. The number of nitrogens with zero attached hydrogens (tertiary/aromatic N) is 5. The lowest BCUT2D eigenvalue weighted by Crippen LogP contribution is -2.50. The summed E-state index contributed by atoms with van der Waals surface area (Å²) in [7, 11) is 1.49. The third-order valence-electron chi connectivity index (χ3n) is 8.06. The van der Waals surface area contributed by atoms with Gasteiger partial charge in [-0.1, -0.05) is 32.0 Å². The largest absolute Gasteiger partial charge is 0.497 e. The maximum atomic E-state index is 14.3. The van der Waals surface area contributed by atoms with Crippen LogP contribution < -0.4 is 10.1 Å². The Morgan fingerprint density at radius 3 is 2.31 bits per heavy atom. The fourth-order valence-electron chi connectivity index (χ4n) is 5.58. The minimum Gasteiger partial charge on any atom is -0.497 e. The van der Waals surface area contributed by atoms with Gasteiger partial charge < -0.3 is 20.1 Å². The Kier molecular flexibility index (Phi) is 9.12. The molecular formula is C32H35F3N6O4. The highest BCUT2D eigenvalue weighted by Crippen LogP contribution is 2.37. The molecule has 0 spiro atoms. The molecule has 2 aromatic carbocycles. The number of halogens is 3. The Balaban J connectivity index is 1.41. The monoisotopic (exact) mass is 624 g/mol. The Hall–Kier alpha value is -4.49. The van der Waals surface area contributed by atoms with Crippen LogP contribution in [0.15, 0.2) is 54.7 Å². The smallest absolute Gasteiger partial charge is 0.433 e. The first-order valence-corrected chi connectivity index (χ1v) is 14.6. The van der Waals surface area contributed by atoms with Crippen LogP contribution in [-0.2, 0) is 11.0 Å². The number of para-hydroxylation sites is 1. The number of piperazine rings is 1. The molecule has 0 unspecified atom stereocenters. The number of benzene rings is 2. The SMILES string of the molecule is COc1ccc(-c2nc3c(C(=O)N4CCN([C@@H](CO)c5ccccc5NC(=O)C(C)C)CC4)cnn3c(C(F)(F)F)c2C)cc1. The van der Waals surface area contributed by atoms with Crippen LogP contribution in [0, 0.1) is 12.8 Å². The van der Waals surface area contributed by atoms with Crippen LogP contribution in [0.3, 0.4) is 0 Å². The molecule has 10 nitrogen and oxygen atoms in total. The van der Waals surface area contributed by atoms with Crippen molar-refractivity contribution in [3.05, 3.63) is 77.1 Å². The number of ether oxygens (including phenoxy) is 1. The van der Waals surface area contributed by atoms with E-state index in [-0.39, 0.29) is 54.0 Å². The summed E-state index contributed by atoms with van der Waals surface area (Å²) in [6.07, 6.45) is -3.62. The third kappa shape index (κ3) is 6.36. The van der Waals surface area contributed by atoms with Crippen LogP contribution in [0.1, 0.15) is 47.1 Å². The number of aliphatic hydroxyl groups excluding tert-OH is 1. The molecule has 13 heteroatoms. The molecule has 1 aliphatic heterocycles. The summed E-state index contributed by atoms with van der Waals surface area (Å²) in [6, 6.07) is 13.3. The van der Waals surface area contributed by atoms with Gasteiger partial charge in [-0.3, -0.25) is 14.5 Å². The van der Waals surface area contributed by atoms with E-state index in [1.807, 2.05) is 17.0 Å². The number of hydrogen-bond donors (Lipinski definition) is 2. The fraction of sp³-hybridized carbons (Fsp3) is 0.375. The van der Waals surface area contributed by atoms with E-state index >= 15 is 0 Å². The van der Waals surface area contributed by atoms with Crippen LogP contribution >= 0.6 is 0 Å². The molecule has 1 fully saturated rings. The van der Waals surface area contributed by atoms with Crippen molar-refractivity contribution in [1.82, 2.24) is 24.4 Å². The molecule has 45 heavy (non-hydrogen) atoms. The van der Waals surface area contributed by atoms with Gasteiger partial charge in [-0.2, -0.15) is 18.3 Å². The summed E-state index contributed by atoms with van der Waals surface area (Å²) in [6.45, 7) is 6.01. The first kappa shape index (κ1) is 31.9. The zero-order valence-corrected chi connectivity index (χ0v) is 25.4. The molecule has 1 saturated heterocycles. The molecule has 2 aromatic heterocycles. The number of alkyl halides is 3. The number of carbonyl (C=O) groups excluding carboxylic acids is 2. The number of methoxy groups -OCH3 is 1. The van der Waals surface area contributed by atoms with Gasteiger partial charge in [0, 0.05) is 48.9 Å². The number of hydrogen-bond acceptors (Lipinski definition) is 7. The Bertz CT molecular complexity index is 1700. The van der Waals surface area contributed by atoms with E-state index < -0.39 is 23.8 Å². The number of aromatic nitrogens is 3. The molecule has 1 aliphatic rings. The van der Waals surface area contributed by atoms with Crippen molar-refractivity contribution >= 4 is 23.1 Å². The Morgan fingerprint density at radius 2 is 1.71 bits per heavy atom. The lowest BCUT2D eigenvalue weighted by atomic mass is 10.0. The van der Waals surface area contributed by atoms with Crippen LogP contribution in [0.2, 0.25) is 0 Å². The second-order valence-corrected chi connectivity index (χ2v) is 11.2. The highest BCUT2D eigenvalue weighted by Gasteiger charge is 2.39. The lowest BCUT2D eigenvalue weighted by Gasteiger charge is -2.39. The van der Waals surface area contributed by atoms with Crippen molar-refractivity contribution < 1.29 is 32.6 Å². The zero-order chi connectivity index (χ0) is 32.5. The van der Waals surface area contributed by atoms with Gasteiger partial charge in [-0.15, -0.1) is 0 Å². The number of rotatable bonds is 8. The summed E-state index contributed by atoms with van der Waals surface area (Å²) in [5, 5.41) is 17.2. The molecule has 238 valence electrons. The average molecular weight is 625 g/mol. The minimum absolute atomic E-state index is 0.0378. The molecule has 3 heterocycles. The van der Waals surface area contributed by atoms with Crippen molar-refractivity contribution in [3.8, 4) is 17.0 Å². The predicted octanol–water partition coefficient (Wildman–Crippen LogP) is 4.82. The van der Waals surface area contributed by atoms with E-state index in [9.17, 15) is 27.9 Å². The van der Waals surface area contributed by atoms with Crippen molar-refractivity contribution in [1.29, 1.82) is 0 Å². The van der Waals surface area contributed by atoms with Gasteiger partial charge >= 0.3 is 6.18 Å². The number of anilines is 1. The topological polar surface area (TPSA) is 112 Å². The normalized spacial score (nSPS) is 15.0. The number of fused-ring (bicyclic) bond motifs is 1. The van der Waals surface area contributed by atoms with Gasteiger partial charge in [-0.25, -0.2) is 9.50 Å². The fourth-order valence-corrected chi connectivity index (χ4v) is 5.58. The standard InChI is InChI=1S/C32H35F3N6O4/c1-19(2)30(43)37-25-8-6-5-7-23(25)26(18-42)39-13-15-40(16-14-39)31(44)24-17-36-41-28(32(33,34)35)20(3)27(38-29(24)41)21-9-11-22(45-4)12-10-21/h5-12,17,19,26,42H,13-16,18H2,1-4H3,(H,37,43)/t26-/m0/s1. The molecule has 0 saturated carbocycles. The summed E-state index contributed by atoms with van der Waals surface area (Å²) < 4.78 is 48.9. The second-order valence-electron chi connectivity index (χ2n) is 11.2. The van der Waals surface area contributed by atoms with Crippen molar-refractivity contribution in [2.45, 2.75) is 33.0 Å². The highest BCUT2D eigenvalue weighted by molar-refractivity contribution is 6.00. The average Bonchev–Trinajstić information content (AvgIpc) is 3.44. The summed E-state index contributed by atoms with van der Waals surface area (Å²) in [4.78, 5) is 34.2. The maximum Gasteiger partial charge on any atom is 0.433 e. The van der Waals surface area contributed by atoms with Gasteiger partial charge in [0.25, 0.3) is 5.91 Å². The summed E-state index contributed by atoms with van der Waals surface area (Å²) >= 11 is 0. The zero-order valence-electron chi connectivity index (χ0n) is 25.4. The molecular weight excluding hydrogens is 589 g/mol. The quantitative estimate of drug-likeness (QED) is 0.289. The van der Waals surface area contributed by atoms with Gasteiger partial charge in [0.15, 0.2) is 11.3 Å². The van der Waals surface area contributed by atoms with Gasteiger partial charge in [0.2, 0.25) is 5.91 Å². The Morgan fingerprint density at radius 1 is 1.04 bits per heavy atom. The number of carbonyl (C=O) groups is 2. The second kappa shape index (κ2) is 12.9. The highest BCUT2D eigenvalue weighted by atomic mass is 19.4. The summed E-state index contributed by atoms with van der Waals surface area (Å²) in [5.41, 5.74) is 0.544. The molecule has 2 N–H and O–H groups in total. The Labute approximate surface area is 258 Å². The van der Waals surface area contributed by atoms with E-state index in [2.05, 4.69) is 15.4 Å². The number of amides is 2. The van der Waals surface area contributed by atoms with E-state index in [4.69, 9.17) is 4.74 Å².